The number of amides is 1. The fourth-order valence-electron chi connectivity index (χ4n) is 2.55. The van der Waals surface area contributed by atoms with Gasteiger partial charge in [0.2, 0.25) is 5.91 Å². The second-order valence-electron chi connectivity index (χ2n) is 5.53. The van der Waals surface area contributed by atoms with Crippen molar-refractivity contribution in [2.24, 2.45) is 0 Å². The Balaban J connectivity index is 1.93. The standard InChI is InChI=1S/C19H18N2O3/c1-12(7-19(22)21-14-5-4-6-20-10-14)15-8-16-13(2)11-24-18(16)9-17(15)23-3/h4-11H,1-3H3,(H,21,22)/b12-7+. The Hall–Kier alpha value is -3.08. The van der Waals surface area contributed by atoms with Crippen molar-refractivity contribution in [1.82, 2.24) is 4.98 Å². The van der Waals surface area contributed by atoms with Crippen LogP contribution in [0.15, 0.2) is 53.4 Å². The molecule has 0 aliphatic carbocycles. The van der Waals surface area contributed by atoms with Crippen molar-refractivity contribution in [1.29, 1.82) is 0 Å². The molecular formula is C19H18N2O3. The molecule has 1 amide bonds. The average molecular weight is 322 g/mol. The lowest BCUT2D eigenvalue weighted by Gasteiger charge is -2.10. The summed E-state index contributed by atoms with van der Waals surface area (Å²) >= 11 is 0. The number of rotatable bonds is 4. The number of aryl methyl sites for hydroxylation is 1. The molecule has 0 saturated carbocycles. The summed E-state index contributed by atoms with van der Waals surface area (Å²) in [7, 11) is 1.60. The van der Waals surface area contributed by atoms with Crippen molar-refractivity contribution >= 4 is 28.1 Å². The van der Waals surface area contributed by atoms with Crippen molar-refractivity contribution in [3.05, 3.63) is 60.1 Å². The van der Waals surface area contributed by atoms with Crippen molar-refractivity contribution < 1.29 is 13.9 Å². The number of nitrogens with one attached hydrogen (secondary N) is 1. The van der Waals surface area contributed by atoms with Gasteiger partial charge < -0.3 is 14.5 Å². The third kappa shape index (κ3) is 3.15. The fraction of sp³-hybridized carbons (Fsp3) is 0.158. The Kier molecular flexibility index (Phi) is 4.33. The van der Waals surface area contributed by atoms with Crippen LogP contribution < -0.4 is 10.1 Å². The molecule has 0 atom stereocenters. The van der Waals surface area contributed by atoms with Crippen LogP contribution in [0.4, 0.5) is 5.69 Å². The zero-order chi connectivity index (χ0) is 17.1. The average Bonchev–Trinajstić information content (AvgIpc) is 2.94. The van der Waals surface area contributed by atoms with Crippen LogP contribution in [0.2, 0.25) is 0 Å². The van der Waals surface area contributed by atoms with Crippen molar-refractivity contribution in [2.45, 2.75) is 13.8 Å². The van der Waals surface area contributed by atoms with Crippen LogP contribution in [0, 0.1) is 6.92 Å². The van der Waals surface area contributed by atoms with Gasteiger partial charge in [0.25, 0.3) is 0 Å². The SMILES string of the molecule is COc1cc2occ(C)c2cc1/C(C)=C/C(=O)Nc1cccnc1. The van der Waals surface area contributed by atoms with Gasteiger partial charge in [0.05, 0.1) is 25.3 Å². The van der Waals surface area contributed by atoms with E-state index in [2.05, 4.69) is 10.3 Å². The summed E-state index contributed by atoms with van der Waals surface area (Å²) in [4.78, 5) is 16.2. The number of aromatic nitrogens is 1. The highest BCUT2D eigenvalue weighted by Crippen LogP contribution is 2.33. The van der Waals surface area contributed by atoms with E-state index in [-0.39, 0.29) is 5.91 Å². The third-order valence-electron chi connectivity index (χ3n) is 3.79. The maximum Gasteiger partial charge on any atom is 0.248 e. The van der Waals surface area contributed by atoms with Gasteiger partial charge in [0, 0.05) is 29.3 Å². The zero-order valence-electron chi connectivity index (χ0n) is 13.8. The second kappa shape index (κ2) is 6.58. The molecule has 0 saturated heterocycles. The van der Waals surface area contributed by atoms with E-state index in [0.29, 0.717) is 11.4 Å². The number of allylic oxidation sites excluding steroid dienone is 1. The molecule has 2 aromatic heterocycles. The number of pyridine rings is 1. The lowest BCUT2D eigenvalue weighted by atomic mass is 10.0. The Morgan fingerprint density at radius 3 is 2.92 bits per heavy atom. The van der Waals surface area contributed by atoms with Gasteiger partial charge in [-0.05, 0) is 43.2 Å². The predicted octanol–water partition coefficient (Wildman–Crippen LogP) is 4.19. The molecule has 5 heteroatoms. The number of carbonyl (C=O) groups is 1. The molecule has 0 bridgehead atoms. The summed E-state index contributed by atoms with van der Waals surface area (Å²) in [5.41, 5.74) is 4.12. The Morgan fingerprint density at radius 2 is 2.21 bits per heavy atom. The number of nitrogens with zero attached hydrogens (tertiary/aromatic N) is 1. The van der Waals surface area contributed by atoms with Crippen LogP contribution in [0.1, 0.15) is 18.1 Å². The highest BCUT2D eigenvalue weighted by atomic mass is 16.5. The van der Waals surface area contributed by atoms with Gasteiger partial charge in [-0.1, -0.05) is 0 Å². The first kappa shape index (κ1) is 15.8. The van der Waals surface area contributed by atoms with Crippen LogP contribution >= 0.6 is 0 Å². The molecule has 24 heavy (non-hydrogen) atoms. The first-order chi connectivity index (χ1) is 11.6. The van der Waals surface area contributed by atoms with Crippen molar-refractivity contribution in [3.8, 4) is 5.75 Å². The van der Waals surface area contributed by atoms with E-state index in [1.54, 1.807) is 44.0 Å². The zero-order valence-corrected chi connectivity index (χ0v) is 13.8. The van der Waals surface area contributed by atoms with E-state index in [0.717, 1.165) is 27.7 Å². The minimum absolute atomic E-state index is 0.216. The maximum atomic E-state index is 12.2. The number of methoxy groups -OCH3 is 1. The Labute approximate surface area is 140 Å². The van der Waals surface area contributed by atoms with Crippen molar-refractivity contribution in [3.63, 3.8) is 0 Å². The third-order valence-corrected chi connectivity index (χ3v) is 3.79. The molecule has 0 aliphatic rings. The number of hydrogen-bond donors (Lipinski definition) is 1. The normalized spacial score (nSPS) is 11.5. The lowest BCUT2D eigenvalue weighted by Crippen LogP contribution is -2.08. The van der Waals surface area contributed by atoms with Gasteiger partial charge in [-0.2, -0.15) is 0 Å². The number of hydrogen-bond acceptors (Lipinski definition) is 4. The number of fused-ring (bicyclic) bond motifs is 1. The van der Waals surface area contributed by atoms with E-state index in [4.69, 9.17) is 9.15 Å². The minimum atomic E-state index is -0.216. The minimum Gasteiger partial charge on any atom is -0.496 e. The van der Waals surface area contributed by atoms with Crippen LogP contribution in [0.25, 0.3) is 16.5 Å². The predicted molar refractivity (Wildman–Crippen MR) is 94.0 cm³/mol. The molecular weight excluding hydrogens is 304 g/mol. The summed E-state index contributed by atoms with van der Waals surface area (Å²) in [5, 5.41) is 3.79. The molecule has 1 aromatic carbocycles. The molecule has 0 fully saturated rings. The molecule has 3 rings (SSSR count). The highest BCUT2D eigenvalue weighted by Gasteiger charge is 2.12. The van der Waals surface area contributed by atoms with Gasteiger partial charge in [0.1, 0.15) is 11.3 Å². The molecule has 1 N–H and O–H groups in total. The lowest BCUT2D eigenvalue weighted by molar-refractivity contribution is -0.111. The van der Waals surface area contributed by atoms with E-state index < -0.39 is 0 Å². The first-order valence-corrected chi connectivity index (χ1v) is 7.54. The fourth-order valence-corrected chi connectivity index (χ4v) is 2.55. The summed E-state index contributed by atoms with van der Waals surface area (Å²) in [6, 6.07) is 7.38. The Bertz CT molecular complexity index is 911. The molecule has 3 aromatic rings. The van der Waals surface area contributed by atoms with Crippen LogP contribution in [0.5, 0.6) is 5.75 Å². The number of carbonyl (C=O) groups excluding carboxylic acids is 1. The summed E-state index contributed by atoms with van der Waals surface area (Å²) in [6.07, 6.45) is 6.51. The van der Waals surface area contributed by atoms with E-state index >= 15 is 0 Å². The largest absolute Gasteiger partial charge is 0.496 e. The van der Waals surface area contributed by atoms with Crippen LogP contribution in [-0.4, -0.2) is 18.0 Å². The summed E-state index contributed by atoms with van der Waals surface area (Å²) in [6.45, 7) is 3.86. The second-order valence-corrected chi connectivity index (χ2v) is 5.53. The van der Waals surface area contributed by atoms with Gasteiger partial charge in [-0.15, -0.1) is 0 Å². The van der Waals surface area contributed by atoms with Crippen LogP contribution in [-0.2, 0) is 4.79 Å². The molecule has 122 valence electrons. The van der Waals surface area contributed by atoms with Gasteiger partial charge in [-0.3, -0.25) is 9.78 Å². The van der Waals surface area contributed by atoms with E-state index in [9.17, 15) is 4.79 Å². The van der Waals surface area contributed by atoms with Gasteiger partial charge in [-0.25, -0.2) is 0 Å². The molecule has 0 unspecified atom stereocenters. The number of anilines is 1. The Morgan fingerprint density at radius 1 is 1.38 bits per heavy atom. The number of benzene rings is 1. The topological polar surface area (TPSA) is 64.4 Å². The quantitative estimate of drug-likeness (QED) is 0.732. The number of ether oxygens (including phenoxy) is 1. The van der Waals surface area contributed by atoms with Gasteiger partial charge >= 0.3 is 0 Å². The number of furan rings is 1. The van der Waals surface area contributed by atoms with E-state index in [1.807, 2.05) is 26.0 Å². The van der Waals surface area contributed by atoms with Crippen LogP contribution in [0.3, 0.4) is 0 Å². The summed E-state index contributed by atoms with van der Waals surface area (Å²) in [5.74, 6) is 0.450. The molecule has 0 spiro atoms. The van der Waals surface area contributed by atoms with E-state index in [1.165, 1.54) is 0 Å². The smallest absolute Gasteiger partial charge is 0.248 e. The van der Waals surface area contributed by atoms with Crippen molar-refractivity contribution in [2.75, 3.05) is 12.4 Å². The molecule has 2 heterocycles. The first-order valence-electron chi connectivity index (χ1n) is 7.54. The maximum absolute atomic E-state index is 12.2. The summed E-state index contributed by atoms with van der Waals surface area (Å²) < 4.78 is 10.9. The monoisotopic (exact) mass is 322 g/mol. The molecule has 0 aliphatic heterocycles. The highest BCUT2D eigenvalue weighted by molar-refractivity contribution is 6.04. The molecule has 0 radical (unpaired) electrons. The molecule has 5 nitrogen and oxygen atoms in total. The van der Waals surface area contributed by atoms with Gasteiger partial charge in [0.15, 0.2) is 0 Å².